The molecule has 0 aliphatic heterocycles. The van der Waals surface area contributed by atoms with Crippen molar-refractivity contribution in [3.05, 3.63) is 23.7 Å². The summed E-state index contributed by atoms with van der Waals surface area (Å²) in [5.41, 5.74) is 2.18. The fraction of sp³-hybridized carbons (Fsp3) is 0.143. The van der Waals surface area contributed by atoms with Gasteiger partial charge in [0.2, 0.25) is 0 Å². The van der Waals surface area contributed by atoms with Crippen LogP contribution in [0, 0.1) is 18.3 Å². The Hall–Kier alpha value is -1.76. The molecule has 2 aromatic rings. The summed E-state index contributed by atoms with van der Waals surface area (Å²) in [6, 6.07) is 2.09. The molecule has 4 heteroatoms. The van der Waals surface area contributed by atoms with Crippen LogP contribution in [0.3, 0.4) is 0 Å². The SMILES string of the molecule is Cc1[nH]n2ccnc2c1C#N. The Morgan fingerprint density at radius 2 is 2.55 bits per heavy atom. The molecule has 0 saturated carbocycles. The van der Waals surface area contributed by atoms with Crippen LogP contribution in [0.4, 0.5) is 0 Å². The van der Waals surface area contributed by atoms with Crippen molar-refractivity contribution in [2.75, 3.05) is 0 Å². The van der Waals surface area contributed by atoms with Gasteiger partial charge in [-0.05, 0) is 6.92 Å². The summed E-state index contributed by atoms with van der Waals surface area (Å²) in [5.74, 6) is 0. The summed E-state index contributed by atoms with van der Waals surface area (Å²) in [6.45, 7) is 1.85. The number of rotatable bonds is 0. The van der Waals surface area contributed by atoms with E-state index in [1.54, 1.807) is 16.9 Å². The topological polar surface area (TPSA) is 56.9 Å². The van der Waals surface area contributed by atoms with Gasteiger partial charge in [0, 0.05) is 12.4 Å². The highest BCUT2D eigenvalue weighted by molar-refractivity contribution is 5.57. The van der Waals surface area contributed by atoms with Crippen molar-refractivity contribution in [3.63, 3.8) is 0 Å². The molecule has 0 spiro atoms. The Balaban J connectivity index is 2.94. The van der Waals surface area contributed by atoms with Crippen LogP contribution in [-0.4, -0.2) is 14.6 Å². The molecule has 0 bridgehead atoms. The van der Waals surface area contributed by atoms with E-state index in [1.165, 1.54) is 0 Å². The molecule has 0 amide bonds. The van der Waals surface area contributed by atoms with E-state index in [0.29, 0.717) is 11.2 Å². The van der Waals surface area contributed by atoms with E-state index in [1.807, 2.05) is 6.92 Å². The fourth-order valence-electron chi connectivity index (χ4n) is 1.12. The molecule has 0 aromatic carbocycles. The number of aryl methyl sites for hydroxylation is 1. The number of nitriles is 1. The lowest BCUT2D eigenvalue weighted by molar-refractivity contribution is 0.944. The van der Waals surface area contributed by atoms with Gasteiger partial charge in [-0.3, -0.25) is 5.10 Å². The zero-order chi connectivity index (χ0) is 7.84. The van der Waals surface area contributed by atoms with Crippen molar-refractivity contribution >= 4 is 5.65 Å². The predicted molar refractivity (Wildman–Crippen MR) is 39.0 cm³/mol. The second-order valence-electron chi connectivity index (χ2n) is 2.34. The third-order valence-electron chi connectivity index (χ3n) is 1.64. The maximum Gasteiger partial charge on any atom is 0.171 e. The maximum atomic E-state index is 8.70. The zero-order valence-electron chi connectivity index (χ0n) is 6.00. The zero-order valence-corrected chi connectivity index (χ0v) is 6.00. The summed E-state index contributed by atoms with van der Waals surface area (Å²) in [4.78, 5) is 4.02. The van der Waals surface area contributed by atoms with Crippen LogP contribution in [0.5, 0.6) is 0 Å². The van der Waals surface area contributed by atoms with Gasteiger partial charge in [0.05, 0.1) is 5.69 Å². The Kier molecular flexibility index (Phi) is 1.01. The molecule has 0 saturated heterocycles. The molecule has 0 aliphatic carbocycles. The summed E-state index contributed by atoms with van der Waals surface area (Å²) >= 11 is 0. The fourth-order valence-corrected chi connectivity index (χ4v) is 1.12. The summed E-state index contributed by atoms with van der Waals surface area (Å²) in [5, 5.41) is 11.7. The number of imidazole rings is 1. The first-order valence-electron chi connectivity index (χ1n) is 3.24. The van der Waals surface area contributed by atoms with Crippen LogP contribution in [0.25, 0.3) is 5.65 Å². The third-order valence-corrected chi connectivity index (χ3v) is 1.64. The molecular weight excluding hydrogens is 140 g/mol. The largest absolute Gasteiger partial charge is 0.296 e. The van der Waals surface area contributed by atoms with E-state index in [0.717, 1.165) is 5.69 Å². The molecule has 4 nitrogen and oxygen atoms in total. The van der Waals surface area contributed by atoms with Gasteiger partial charge >= 0.3 is 0 Å². The van der Waals surface area contributed by atoms with Gasteiger partial charge in [-0.25, -0.2) is 9.50 Å². The molecule has 0 aliphatic rings. The van der Waals surface area contributed by atoms with E-state index in [9.17, 15) is 0 Å². The van der Waals surface area contributed by atoms with Gasteiger partial charge in [0.1, 0.15) is 11.6 Å². The van der Waals surface area contributed by atoms with E-state index in [2.05, 4.69) is 16.2 Å². The first-order valence-corrected chi connectivity index (χ1v) is 3.24. The van der Waals surface area contributed by atoms with Crippen molar-refractivity contribution in [1.29, 1.82) is 5.26 Å². The van der Waals surface area contributed by atoms with Crippen molar-refractivity contribution in [3.8, 4) is 6.07 Å². The van der Waals surface area contributed by atoms with Crippen molar-refractivity contribution in [1.82, 2.24) is 14.6 Å². The number of nitrogens with one attached hydrogen (secondary N) is 1. The number of aromatic amines is 1. The average Bonchev–Trinajstić information content (AvgIpc) is 2.46. The molecule has 11 heavy (non-hydrogen) atoms. The second-order valence-corrected chi connectivity index (χ2v) is 2.34. The highest BCUT2D eigenvalue weighted by atomic mass is 15.3. The average molecular weight is 146 g/mol. The Morgan fingerprint density at radius 1 is 1.73 bits per heavy atom. The number of aromatic nitrogens is 3. The van der Waals surface area contributed by atoms with Crippen LogP contribution in [-0.2, 0) is 0 Å². The molecule has 1 N–H and O–H groups in total. The normalized spacial score (nSPS) is 10.2. The highest BCUT2D eigenvalue weighted by Crippen LogP contribution is 2.10. The lowest BCUT2D eigenvalue weighted by Gasteiger charge is -1.79. The molecule has 0 atom stereocenters. The molecule has 0 radical (unpaired) electrons. The Labute approximate surface area is 63.1 Å². The number of hydrogen-bond acceptors (Lipinski definition) is 2. The van der Waals surface area contributed by atoms with Gasteiger partial charge < -0.3 is 0 Å². The van der Waals surface area contributed by atoms with E-state index >= 15 is 0 Å². The molecular formula is C7H6N4. The van der Waals surface area contributed by atoms with Crippen LogP contribution >= 0.6 is 0 Å². The van der Waals surface area contributed by atoms with Crippen molar-refractivity contribution in [2.24, 2.45) is 0 Å². The van der Waals surface area contributed by atoms with Crippen molar-refractivity contribution < 1.29 is 0 Å². The van der Waals surface area contributed by atoms with Gasteiger partial charge in [-0.1, -0.05) is 0 Å². The number of nitrogens with zero attached hydrogens (tertiary/aromatic N) is 3. The highest BCUT2D eigenvalue weighted by Gasteiger charge is 2.06. The molecule has 54 valence electrons. The lowest BCUT2D eigenvalue weighted by Crippen LogP contribution is -1.78. The first-order chi connectivity index (χ1) is 5.33. The maximum absolute atomic E-state index is 8.70. The van der Waals surface area contributed by atoms with Gasteiger partial charge in [0.25, 0.3) is 0 Å². The number of fused-ring (bicyclic) bond motifs is 1. The Morgan fingerprint density at radius 3 is 3.27 bits per heavy atom. The molecule has 0 fully saturated rings. The lowest BCUT2D eigenvalue weighted by atomic mass is 10.3. The molecule has 2 heterocycles. The monoisotopic (exact) mass is 146 g/mol. The van der Waals surface area contributed by atoms with Crippen LogP contribution in [0.2, 0.25) is 0 Å². The van der Waals surface area contributed by atoms with Gasteiger partial charge in [0.15, 0.2) is 5.65 Å². The number of H-pyrrole nitrogens is 1. The van der Waals surface area contributed by atoms with E-state index < -0.39 is 0 Å². The first kappa shape index (κ1) is 5.98. The summed E-state index contributed by atoms with van der Waals surface area (Å²) < 4.78 is 1.73. The molecule has 0 unspecified atom stereocenters. The Bertz CT molecular complexity index is 429. The predicted octanol–water partition coefficient (Wildman–Crippen LogP) is 0.842. The minimum absolute atomic E-state index is 0.620. The van der Waals surface area contributed by atoms with Crippen LogP contribution in [0.1, 0.15) is 11.3 Å². The summed E-state index contributed by atoms with van der Waals surface area (Å²) in [6.07, 6.45) is 3.44. The number of hydrogen-bond donors (Lipinski definition) is 1. The molecule has 2 rings (SSSR count). The summed E-state index contributed by atoms with van der Waals surface area (Å²) in [7, 11) is 0. The minimum Gasteiger partial charge on any atom is -0.296 e. The van der Waals surface area contributed by atoms with Crippen LogP contribution in [0.15, 0.2) is 12.4 Å². The quantitative estimate of drug-likeness (QED) is 0.598. The van der Waals surface area contributed by atoms with E-state index in [-0.39, 0.29) is 0 Å². The van der Waals surface area contributed by atoms with Crippen LogP contribution < -0.4 is 0 Å². The third kappa shape index (κ3) is 0.649. The van der Waals surface area contributed by atoms with Crippen molar-refractivity contribution in [2.45, 2.75) is 6.92 Å². The van der Waals surface area contributed by atoms with E-state index in [4.69, 9.17) is 5.26 Å². The standard InChI is InChI=1S/C7H6N4/c1-5-6(4-8)7-9-2-3-11(7)10-5/h2-3,10H,1H3. The minimum atomic E-state index is 0.620. The second kappa shape index (κ2) is 1.86. The smallest absolute Gasteiger partial charge is 0.171 e. The van der Waals surface area contributed by atoms with Gasteiger partial charge in [-0.2, -0.15) is 5.26 Å². The van der Waals surface area contributed by atoms with Gasteiger partial charge in [-0.15, -0.1) is 0 Å². The molecule has 2 aromatic heterocycles.